The molecule has 1 aliphatic heterocycles. The monoisotopic (exact) mass is 304 g/mol. The smallest absolute Gasteiger partial charge is 0.246 e. The molecule has 0 saturated carbocycles. The summed E-state index contributed by atoms with van der Waals surface area (Å²) in [6, 6.07) is 7.18. The van der Waals surface area contributed by atoms with Gasteiger partial charge in [0.25, 0.3) is 0 Å². The molecule has 1 aromatic carbocycles. The van der Waals surface area contributed by atoms with Crippen molar-refractivity contribution < 1.29 is 9.59 Å². The maximum atomic E-state index is 12.4. The van der Waals surface area contributed by atoms with Crippen LogP contribution in [0.2, 0.25) is 0 Å². The quantitative estimate of drug-likeness (QED) is 0.852. The Hall–Kier alpha value is -2.08. The van der Waals surface area contributed by atoms with Gasteiger partial charge in [0.2, 0.25) is 11.8 Å². The number of amides is 2. The zero-order valence-corrected chi connectivity index (χ0v) is 13.4. The molecule has 0 bridgehead atoms. The second kappa shape index (κ2) is 6.79. The van der Waals surface area contributed by atoms with Crippen LogP contribution in [0.4, 0.5) is 11.4 Å². The summed E-state index contributed by atoms with van der Waals surface area (Å²) in [5, 5.41) is 2.63. The molecule has 0 radical (unpaired) electrons. The molecule has 22 heavy (non-hydrogen) atoms. The first-order valence-corrected chi connectivity index (χ1v) is 7.55. The maximum absolute atomic E-state index is 12.4. The Morgan fingerprint density at radius 2 is 1.86 bits per heavy atom. The molecule has 6 heteroatoms. The van der Waals surface area contributed by atoms with E-state index in [1.54, 1.807) is 4.90 Å². The van der Waals surface area contributed by atoms with E-state index >= 15 is 0 Å². The minimum Gasteiger partial charge on any atom is -0.371 e. The standard InChI is InChI=1S/C16H24N4O2/c1-11(2)15(17)16(22)18-10-14(21)20-9-8-19(3)12-6-4-5-7-13(12)20/h4-7,11,15H,8-10,17H2,1-3H3,(H,18,22)/t15-/m0/s1. The lowest BCUT2D eigenvalue weighted by molar-refractivity contribution is -0.126. The summed E-state index contributed by atoms with van der Waals surface area (Å²) in [5.74, 6) is -0.366. The van der Waals surface area contributed by atoms with Gasteiger partial charge < -0.3 is 20.9 Å². The van der Waals surface area contributed by atoms with Gasteiger partial charge >= 0.3 is 0 Å². The first kappa shape index (κ1) is 16.3. The molecule has 0 fully saturated rings. The lowest BCUT2D eigenvalue weighted by atomic mass is 10.1. The molecule has 3 N–H and O–H groups in total. The average molecular weight is 304 g/mol. The molecular formula is C16H24N4O2. The van der Waals surface area contributed by atoms with Crippen molar-refractivity contribution >= 4 is 23.2 Å². The van der Waals surface area contributed by atoms with Gasteiger partial charge in [0.05, 0.1) is 24.0 Å². The van der Waals surface area contributed by atoms with E-state index in [-0.39, 0.29) is 24.3 Å². The van der Waals surface area contributed by atoms with Crippen molar-refractivity contribution in [1.82, 2.24) is 5.32 Å². The molecule has 2 amide bonds. The predicted molar refractivity (Wildman–Crippen MR) is 87.9 cm³/mol. The van der Waals surface area contributed by atoms with E-state index in [0.29, 0.717) is 6.54 Å². The fourth-order valence-corrected chi connectivity index (χ4v) is 2.44. The van der Waals surface area contributed by atoms with E-state index in [9.17, 15) is 9.59 Å². The Morgan fingerprint density at radius 3 is 2.50 bits per heavy atom. The molecule has 120 valence electrons. The Bertz CT molecular complexity index is 559. The van der Waals surface area contributed by atoms with Crippen LogP contribution in [0.25, 0.3) is 0 Å². The van der Waals surface area contributed by atoms with Crippen LogP contribution in [-0.2, 0) is 9.59 Å². The second-order valence-corrected chi connectivity index (χ2v) is 5.94. The van der Waals surface area contributed by atoms with Crippen molar-refractivity contribution in [2.24, 2.45) is 11.7 Å². The largest absolute Gasteiger partial charge is 0.371 e. The molecule has 0 aromatic heterocycles. The van der Waals surface area contributed by atoms with Gasteiger partial charge in [0, 0.05) is 20.1 Å². The van der Waals surface area contributed by atoms with Gasteiger partial charge in [0.1, 0.15) is 0 Å². The Kier molecular flexibility index (Phi) is 5.03. The molecule has 1 atom stereocenters. The van der Waals surface area contributed by atoms with E-state index in [2.05, 4.69) is 10.2 Å². The highest BCUT2D eigenvalue weighted by atomic mass is 16.2. The number of fused-ring (bicyclic) bond motifs is 1. The minimum atomic E-state index is -0.590. The number of rotatable bonds is 4. The van der Waals surface area contributed by atoms with Gasteiger partial charge in [-0.05, 0) is 18.1 Å². The zero-order chi connectivity index (χ0) is 16.3. The van der Waals surface area contributed by atoms with Crippen LogP contribution in [-0.4, -0.2) is 44.5 Å². The minimum absolute atomic E-state index is 0.0305. The third kappa shape index (κ3) is 3.39. The SMILES string of the molecule is CC(C)[C@H](N)C(=O)NCC(=O)N1CCN(C)c2ccccc21. The van der Waals surface area contributed by atoms with Gasteiger partial charge in [0.15, 0.2) is 0 Å². The normalized spacial score (nSPS) is 15.5. The molecule has 6 nitrogen and oxygen atoms in total. The molecular weight excluding hydrogens is 280 g/mol. The van der Waals surface area contributed by atoms with Crippen molar-refractivity contribution in [1.29, 1.82) is 0 Å². The number of carbonyl (C=O) groups is 2. The van der Waals surface area contributed by atoms with Crippen LogP contribution < -0.4 is 20.9 Å². The van der Waals surface area contributed by atoms with Gasteiger partial charge in [-0.25, -0.2) is 0 Å². The summed E-state index contributed by atoms with van der Waals surface area (Å²) in [5.41, 5.74) is 7.67. The number of nitrogens with two attached hydrogens (primary N) is 1. The summed E-state index contributed by atoms with van der Waals surface area (Å²) in [4.78, 5) is 28.1. The maximum Gasteiger partial charge on any atom is 0.246 e. The summed E-state index contributed by atoms with van der Waals surface area (Å²) in [7, 11) is 2.00. The van der Waals surface area contributed by atoms with Gasteiger partial charge in [-0.2, -0.15) is 0 Å². The van der Waals surface area contributed by atoms with Crippen molar-refractivity contribution in [2.45, 2.75) is 19.9 Å². The Labute approximate surface area is 131 Å². The van der Waals surface area contributed by atoms with Crippen LogP contribution in [0.3, 0.4) is 0 Å². The lowest BCUT2D eigenvalue weighted by Crippen LogP contribution is -2.50. The fourth-order valence-electron chi connectivity index (χ4n) is 2.44. The van der Waals surface area contributed by atoms with Gasteiger partial charge in [-0.1, -0.05) is 26.0 Å². The zero-order valence-electron chi connectivity index (χ0n) is 13.4. The number of hydrogen-bond acceptors (Lipinski definition) is 4. The molecule has 1 heterocycles. The Balaban J connectivity index is 2.02. The van der Waals surface area contributed by atoms with Crippen LogP contribution in [0.1, 0.15) is 13.8 Å². The van der Waals surface area contributed by atoms with E-state index in [1.807, 2.05) is 45.2 Å². The van der Waals surface area contributed by atoms with Crippen LogP contribution in [0.5, 0.6) is 0 Å². The summed E-state index contributed by atoms with van der Waals surface area (Å²) >= 11 is 0. The van der Waals surface area contributed by atoms with E-state index < -0.39 is 6.04 Å². The molecule has 1 aromatic rings. The van der Waals surface area contributed by atoms with Crippen LogP contribution in [0.15, 0.2) is 24.3 Å². The van der Waals surface area contributed by atoms with Crippen molar-refractivity contribution in [3.8, 4) is 0 Å². The molecule has 1 aliphatic rings. The third-order valence-electron chi connectivity index (χ3n) is 3.98. The second-order valence-electron chi connectivity index (χ2n) is 5.94. The Morgan fingerprint density at radius 1 is 1.23 bits per heavy atom. The topological polar surface area (TPSA) is 78.7 Å². The lowest BCUT2D eigenvalue weighted by Gasteiger charge is -2.35. The number of anilines is 2. The predicted octanol–water partition coefficient (Wildman–Crippen LogP) is 0.569. The average Bonchev–Trinajstić information content (AvgIpc) is 2.52. The molecule has 0 spiro atoms. The highest BCUT2D eigenvalue weighted by molar-refractivity contribution is 6.00. The molecule has 0 aliphatic carbocycles. The van der Waals surface area contributed by atoms with Crippen molar-refractivity contribution in [3.63, 3.8) is 0 Å². The summed E-state index contributed by atoms with van der Waals surface area (Å²) in [6.45, 7) is 5.10. The number of benzene rings is 1. The summed E-state index contributed by atoms with van der Waals surface area (Å²) in [6.07, 6.45) is 0. The fraction of sp³-hybridized carbons (Fsp3) is 0.500. The summed E-state index contributed by atoms with van der Waals surface area (Å²) < 4.78 is 0. The molecule has 2 rings (SSSR count). The first-order valence-electron chi connectivity index (χ1n) is 7.55. The van der Waals surface area contributed by atoms with Crippen molar-refractivity contribution in [2.75, 3.05) is 36.5 Å². The number of nitrogens with one attached hydrogen (secondary N) is 1. The van der Waals surface area contributed by atoms with Crippen molar-refractivity contribution in [3.05, 3.63) is 24.3 Å². The van der Waals surface area contributed by atoms with E-state index in [1.165, 1.54) is 0 Å². The number of nitrogens with zero attached hydrogens (tertiary/aromatic N) is 2. The number of hydrogen-bond donors (Lipinski definition) is 2. The van der Waals surface area contributed by atoms with Crippen LogP contribution in [0, 0.1) is 5.92 Å². The van der Waals surface area contributed by atoms with Gasteiger partial charge in [-0.15, -0.1) is 0 Å². The highest BCUT2D eigenvalue weighted by Gasteiger charge is 2.25. The van der Waals surface area contributed by atoms with Gasteiger partial charge in [-0.3, -0.25) is 9.59 Å². The number of likely N-dealkylation sites (N-methyl/N-ethyl adjacent to an activating group) is 1. The highest BCUT2D eigenvalue weighted by Crippen LogP contribution is 2.31. The first-order chi connectivity index (χ1) is 10.4. The number of carbonyl (C=O) groups excluding carboxylic acids is 2. The van der Waals surface area contributed by atoms with E-state index in [4.69, 9.17) is 5.73 Å². The van der Waals surface area contributed by atoms with Crippen LogP contribution >= 0.6 is 0 Å². The van der Waals surface area contributed by atoms with E-state index in [0.717, 1.165) is 17.9 Å². The third-order valence-corrected chi connectivity index (χ3v) is 3.98. The number of para-hydroxylation sites is 2. The molecule has 0 saturated heterocycles. The molecule has 0 unspecified atom stereocenters.